The number of benzene rings is 1. The van der Waals surface area contributed by atoms with E-state index in [1.54, 1.807) is 19.1 Å². The highest BCUT2D eigenvalue weighted by atomic mass is 16.4. The van der Waals surface area contributed by atoms with Crippen LogP contribution in [0.25, 0.3) is 0 Å². The van der Waals surface area contributed by atoms with Gasteiger partial charge >= 0.3 is 12.0 Å². The number of carbonyl (C=O) groups excluding carboxylic acids is 1. The minimum absolute atomic E-state index is 0.0887. The van der Waals surface area contributed by atoms with Gasteiger partial charge in [0.1, 0.15) is 0 Å². The molecule has 1 rings (SSSR count). The topological polar surface area (TPSA) is 81.7 Å². The van der Waals surface area contributed by atoms with Crippen molar-refractivity contribution >= 4 is 17.7 Å². The van der Waals surface area contributed by atoms with Crippen molar-refractivity contribution in [1.82, 2.24) is 10.2 Å². The number of likely N-dealkylation sites (N-methyl/N-ethyl adjacent to an activating group) is 1. The number of rotatable bonds is 6. The lowest BCUT2D eigenvalue weighted by Gasteiger charge is -2.15. The minimum Gasteiger partial charge on any atom is -0.478 e. The van der Waals surface area contributed by atoms with Gasteiger partial charge in [0.15, 0.2) is 0 Å². The van der Waals surface area contributed by atoms with E-state index >= 15 is 0 Å². The van der Waals surface area contributed by atoms with Crippen molar-refractivity contribution in [2.24, 2.45) is 0 Å². The summed E-state index contributed by atoms with van der Waals surface area (Å²) >= 11 is 0. The number of aromatic carboxylic acids is 1. The average Bonchev–Trinajstić information content (AvgIpc) is 2.40. The first-order valence-corrected chi connectivity index (χ1v) is 6.52. The maximum atomic E-state index is 11.8. The van der Waals surface area contributed by atoms with Crippen LogP contribution in [0, 0.1) is 6.92 Å². The van der Waals surface area contributed by atoms with Crippen molar-refractivity contribution in [3.63, 3.8) is 0 Å². The number of carboxylic acids is 1. The van der Waals surface area contributed by atoms with Crippen molar-refractivity contribution in [2.75, 3.05) is 32.0 Å². The lowest BCUT2D eigenvalue weighted by molar-refractivity contribution is 0.0698. The summed E-state index contributed by atoms with van der Waals surface area (Å²) in [6, 6.07) is 4.48. The molecule has 3 N–H and O–H groups in total. The zero-order valence-electron chi connectivity index (χ0n) is 12.1. The first-order valence-electron chi connectivity index (χ1n) is 6.52. The third-order valence-corrected chi connectivity index (χ3v) is 3.06. The van der Waals surface area contributed by atoms with E-state index in [-0.39, 0.29) is 5.56 Å². The number of hydrogen-bond acceptors (Lipinski definition) is 3. The highest BCUT2D eigenvalue weighted by Crippen LogP contribution is 2.20. The Kier molecular flexibility index (Phi) is 5.99. The van der Waals surface area contributed by atoms with E-state index in [2.05, 4.69) is 15.5 Å². The quantitative estimate of drug-likeness (QED) is 0.741. The molecule has 0 radical (unpaired) electrons. The Labute approximate surface area is 118 Å². The summed E-state index contributed by atoms with van der Waals surface area (Å²) in [5, 5.41) is 14.4. The first-order chi connectivity index (χ1) is 9.45. The van der Waals surface area contributed by atoms with Gasteiger partial charge in [-0.05, 0) is 32.1 Å². The van der Waals surface area contributed by atoms with Gasteiger partial charge in [0, 0.05) is 13.1 Å². The van der Waals surface area contributed by atoms with E-state index in [0.717, 1.165) is 13.1 Å². The van der Waals surface area contributed by atoms with E-state index in [4.69, 9.17) is 5.11 Å². The number of para-hydroxylation sites is 1. The second-order valence-electron chi connectivity index (χ2n) is 4.58. The number of hydrogen-bond donors (Lipinski definition) is 3. The summed E-state index contributed by atoms with van der Waals surface area (Å²) < 4.78 is 0. The molecule has 2 amide bonds. The molecule has 0 heterocycles. The van der Waals surface area contributed by atoms with Crippen LogP contribution >= 0.6 is 0 Å². The Morgan fingerprint density at radius 2 is 2.05 bits per heavy atom. The van der Waals surface area contributed by atoms with Crippen molar-refractivity contribution in [3.8, 4) is 0 Å². The number of urea groups is 1. The standard InChI is InChI=1S/C14H21N3O3/c1-4-17(3)9-8-15-14(20)16-12-10(2)6-5-7-11(12)13(18)19/h5-7H,4,8-9H2,1-3H3,(H,18,19)(H2,15,16,20). The number of nitrogens with one attached hydrogen (secondary N) is 2. The molecule has 0 atom stereocenters. The van der Waals surface area contributed by atoms with Crippen LogP contribution in [0.5, 0.6) is 0 Å². The SMILES string of the molecule is CCN(C)CCNC(=O)Nc1c(C)cccc1C(=O)O. The Bertz CT molecular complexity index is 489. The predicted octanol–water partition coefficient (Wildman–Crippen LogP) is 1.77. The number of aryl methyl sites for hydroxylation is 1. The largest absolute Gasteiger partial charge is 0.478 e. The maximum Gasteiger partial charge on any atom is 0.337 e. The molecule has 0 aliphatic heterocycles. The van der Waals surface area contributed by atoms with Crippen LogP contribution in [0.4, 0.5) is 10.5 Å². The smallest absolute Gasteiger partial charge is 0.337 e. The number of carbonyl (C=O) groups is 2. The Hall–Kier alpha value is -2.08. The van der Waals surface area contributed by atoms with E-state index in [0.29, 0.717) is 17.8 Å². The van der Waals surface area contributed by atoms with Gasteiger partial charge in [0.2, 0.25) is 0 Å². The van der Waals surface area contributed by atoms with Gasteiger partial charge in [-0.3, -0.25) is 0 Å². The average molecular weight is 279 g/mol. The van der Waals surface area contributed by atoms with E-state index < -0.39 is 12.0 Å². The summed E-state index contributed by atoms with van der Waals surface area (Å²) in [5.41, 5.74) is 1.14. The molecule has 0 fully saturated rings. The fourth-order valence-electron chi connectivity index (χ4n) is 1.69. The van der Waals surface area contributed by atoms with Crippen molar-refractivity contribution in [1.29, 1.82) is 0 Å². The van der Waals surface area contributed by atoms with E-state index in [9.17, 15) is 9.59 Å². The van der Waals surface area contributed by atoms with Crippen LogP contribution in [-0.2, 0) is 0 Å². The van der Waals surface area contributed by atoms with Gasteiger partial charge in [-0.1, -0.05) is 19.1 Å². The summed E-state index contributed by atoms with van der Waals surface area (Å²) in [6.07, 6.45) is 0. The van der Waals surface area contributed by atoms with Crippen molar-refractivity contribution in [3.05, 3.63) is 29.3 Å². The molecule has 0 saturated heterocycles. The van der Waals surface area contributed by atoms with Crippen LogP contribution in [0.2, 0.25) is 0 Å². The second kappa shape index (κ2) is 7.49. The Balaban J connectivity index is 2.64. The molecular formula is C14H21N3O3. The second-order valence-corrected chi connectivity index (χ2v) is 4.58. The zero-order valence-corrected chi connectivity index (χ0v) is 12.1. The molecule has 0 aliphatic carbocycles. The number of nitrogens with zero attached hydrogens (tertiary/aromatic N) is 1. The van der Waals surface area contributed by atoms with Crippen LogP contribution in [-0.4, -0.2) is 48.7 Å². The fraction of sp³-hybridized carbons (Fsp3) is 0.429. The monoisotopic (exact) mass is 279 g/mol. The molecule has 0 unspecified atom stereocenters. The number of anilines is 1. The summed E-state index contributed by atoms with van der Waals surface area (Å²) in [5.74, 6) is -1.06. The molecule has 20 heavy (non-hydrogen) atoms. The molecular weight excluding hydrogens is 258 g/mol. The molecule has 1 aromatic rings. The molecule has 110 valence electrons. The third kappa shape index (κ3) is 4.55. The van der Waals surface area contributed by atoms with E-state index in [1.165, 1.54) is 6.07 Å². The van der Waals surface area contributed by atoms with Crippen LogP contribution in [0.1, 0.15) is 22.8 Å². The zero-order chi connectivity index (χ0) is 15.1. The predicted molar refractivity (Wildman–Crippen MR) is 78.3 cm³/mol. The molecule has 0 aromatic heterocycles. The van der Waals surface area contributed by atoms with E-state index in [1.807, 2.05) is 14.0 Å². The molecule has 0 spiro atoms. The third-order valence-electron chi connectivity index (χ3n) is 3.06. The maximum absolute atomic E-state index is 11.8. The highest BCUT2D eigenvalue weighted by Gasteiger charge is 2.14. The van der Waals surface area contributed by atoms with Gasteiger partial charge in [-0.2, -0.15) is 0 Å². The summed E-state index contributed by atoms with van der Waals surface area (Å²) in [7, 11) is 1.96. The van der Waals surface area contributed by atoms with Crippen LogP contribution in [0.15, 0.2) is 18.2 Å². The van der Waals surface area contributed by atoms with Crippen molar-refractivity contribution in [2.45, 2.75) is 13.8 Å². The molecule has 0 bridgehead atoms. The Morgan fingerprint density at radius 3 is 2.65 bits per heavy atom. The van der Waals surface area contributed by atoms with Gasteiger partial charge in [0.05, 0.1) is 11.3 Å². The lowest BCUT2D eigenvalue weighted by Crippen LogP contribution is -2.36. The summed E-state index contributed by atoms with van der Waals surface area (Å²) in [4.78, 5) is 25.0. The van der Waals surface area contributed by atoms with Gasteiger partial charge in [-0.15, -0.1) is 0 Å². The number of carboxylic acid groups (broad SMARTS) is 1. The Morgan fingerprint density at radius 1 is 1.35 bits per heavy atom. The normalized spacial score (nSPS) is 10.4. The molecule has 0 saturated carbocycles. The van der Waals surface area contributed by atoms with Crippen molar-refractivity contribution < 1.29 is 14.7 Å². The molecule has 0 aliphatic rings. The minimum atomic E-state index is -1.06. The van der Waals surface area contributed by atoms with Gasteiger partial charge in [0.25, 0.3) is 0 Å². The van der Waals surface area contributed by atoms with Crippen LogP contribution in [0.3, 0.4) is 0 Å². The number of amides is 2. The molecule has 6 heteroatoms. The summed E-state index contributed by atoms with van der Waals surface area (Å²) in [6.45, 7) is 5.94. The van der Waals surface area contributed by atoms with Gasteiger partial charge in [-0.25, -0.2) is 9.59 Å². The first kappa shape index (κ1) is 16.0. The fourth-order valence-corrected chi connectivity index (χ4v) is 1.69. The van der Waals surface area contributed by atoms with Gasteiger partial charge < -0.3 is 20.6 Å². The highest BCUT2D eigenvalue weighted by molar-refractivity contribution is 6.00. The molecule has 6 nitrogen and oxygen atoms in total. The van der Waals surface area contributed by atoms with Crippen LogP contribution < -0.4 is 10.6 Å². The lowest BCUT2D eigenvalue weighted by atomic mass is 10.1. The molecule has 1 aromatic carbocycles.